The lowest BCUT2D eigenvalue weighted by molar-refractivity contribution is -0.135. The summed E-state index contributed by atoms with van der Waals surface area (Å²) in [5, 5.41) is 16.3. The van der Waals surface area contributed by atoms with Gasteiger partial charge in [-0.25, -0.2) is 9.59 Å². The Labute approximate surface area is 182 Å². The van der Waals surface area contributed by atoms with E-state index < -0.39 is 17.7 Å². The number of aryl methyl sites for hydroxylation is 1. The SMILES string of the molecule is CCCCOC(=O)N1CCN(C(=O)[C@H](CCc2nn[nH]n2)NC(=O)OC(C)(C)C)CC1. The molecule has 2 N–H and O–H groups in total. The number of carbonyl (C=O) groups is 3. The van der Waals surface area contributed by atoms with Gasteiger partial charge in [0.25, 0.3) is 0 Å². The molecule has 0 aromatic carbocycles. The van der Waals surface area contributed by atoms with E-state index in [9.17, 15) is 14.4 Å². The van der Waals surface area contributed by atoms with Crippen LogP contribution in [-0.4, -0.2) is 92.9 Å². The Morgan fingerprint density at radius 3 is 2.42 bits per heavy atom. The molecule has 1 atom stereocenters. The van der Waals surface area contributed by atoms with E-state index in [1.807, 2.05) is 6.92 Å². The Bertz CT molecular complexity index is 712. The molecule has 12 nitrogen and oxygen atoms in total. The number of carbonyl (C=O) groups excluding carboxylic acids is 3. The first kappa shape index (κ1) is 24.4. The smallest absolute Gasteiger partial charge is 0.409 e. The molecule has 31 heavy (non-hydrogen) atoms. The molecule has 174 valence electrons. The first-order valence-corrected chi connectivity index (χ1v) is 10.6. The van der Waals surface area contributed by atoms with Crippen molar-refractivity contribution in [3.05, 3.63) is 5.82 Å². The van der Waals surface area contributed by atoms with Crippen LogP contribution >= 0.6 is 0 Å². The number of tetrazole rings is 1. The van der Waals surface area contributed by atoms with Crippen molar-refractivity contribution in [2.45, 2.75) is 65.0 Å². The fourth-order valence-electron chi connectivity index (χ4n) is 2.99. The van der Waals surface area contributed by atoms with E-state index in [0.717, 1.165) is 12.8 Å². The van der Waals surface area contributed by atoms with E-state index in [1.165, 1.54) is 0 Å². The summed E-state index contributed by atoms with van der Waals surface area (Å²) in [7, 11) is 0. The number of unbranched alkanes of at least 4 members (excludes halogenated alkanes) is 1. The van der Waals surface area contributed by atoms with Crippen LogP contribution in [0, 0.1) is 0 Å². The lowest BCUT2D eigenvalue weighted by Crippen LogP contribution is -2.56. The van der Waals surface area contributed by atoms with Gasteiger partial charge in [-0.3, -0.25) is 4.79 Å². The van der Waals surface area contributed by atoms with E-state index in [2.05, 4.69) is 25.9 Å². The van der Waals surface area contributed by atoms with E-state index in [1.54, 1.807) is 30.6 Å². The summed E-state index contributed by atoms with van der Waals surface area (Å²) >= 11 is 0. The summed E-state index contributed by atoms with van der Waals surface area (Å²) in [6, 6.07) is -0.809. The Kier molecular flexibility index (Phi) is 9.01. The lowest BCUT2D eigenvalue weighted by Gasteiger charge is -2.36. The van der Waals surface area contributed by atoms with Crippen LogP contribution in [0.15, 0.2) is 0 Å². The van der Waals surface area contributed by atoms with Crippen LogP contribution in [0.1, 0.15) is 52.8 Å². The Hall–Kier alpha value is -2.92. The molecule has 3 amide bonds. The summed E-state index contributed by atoms with van der Waals surface area (Å²) < 4.78 is 10.5. The maximum absolute atomic E-state index is 13.1. The van der Waals surface area contributed by atoms with Crippen LogP contribution in [-0.2, 0) is 20.7 Å². The quantitative estimate of drug-likeness (QED) is 0.574. The zero-order valence-electron chi connectivity index (χ0n) is 18.7. The van der Waals surface area contributed by atoms with E-state index in [0.29, 0.717) is 45.0 Å². The number of ether oxygens (including phenoxy) is 2. The van der Waals surface area contributed by atoms with Gasteiger partial charge in [0.2, 0.25) is 5.91 Å². The second-order valence-electron chi connectivity index (χ2n) is 8.35. The third-order valence-electron chi connectivity index (χ3n) is 4.61. The van der Waals surface area contributed by atoms with Gasteiger partial charge < -0.3 is 24.6 Å². The molecule has 0 unspecified atom stereocenters. The van der Waals surface area contributed by atoms with Gasteiger partial charge in [-0.1, -0.05) is 18.6 Å². The molecule has 1 aliphatic rings. The van der Waals surface area contributed by atoms with Gasteiger partial charge in [-0.05, 0) is 33.6 Å². The van der Waals surface area contributed by atoms with Crippen molar-refractivity contribution in [3.63, 3.8) is 0 Å². The van der Waals surface area contributed by atoms with Crippen molar-refractivity contribution >= 4 is 18.1 Å². The van der Waals surface area contributed by atoms with Gasteiger partial charge >= 0.3 is 12.2 Å². The van der Waals surface area contributed by atoms with Crippen molar-refractivity contribution in [3.8, 4) is 0 Å². The number of aromatic amines is 1. The number of nitrogens with one attached hydrogen (secondary N) is 2. The highest BCUT2D eigenvalue weighted by Gasteiger charge is 2.31. The van der Waals surface area contributed by atoms with Gasteiger partial charge in [0.15, 0.2) is 5.82 Å². The molecular weight excluding hydrogens is 406 g/mol. The highest BCUT2D eigenvalue weighted by molar-refractivity contribution is 5.86. The van der Waals surface area contributed by atoms with Crippen LogP contribution in [0.4, 0.5) is 9.59 Å². The van der Waals surface area contributed by atoms with Crippen molar-refractivity contribution in [1.82, 2.24) is 35.7 Å². The second kappa shape index (κ2) is 11.5. The van der Waals surface area contributed by atoms with E-state index in [4.69, 9.17) is 9.47 Å². The fraction of sp³-hybridized carbons (Fsp3) is 0.789. The number of H-pyrrole nitrogens is 1. The molecule has 12 heteroatoms. The van der Waals surface area contributed by atoms with Gasteiger partial charge in [0.1, 0.15) is 11.6 Å². The van der Waals surface area contributed by atoms with Gasteiger partial charge in [-0.15, -0.1) is 10.2 Å². The maximum atomic E-state index is 13.1. The first-order valence-electron chi connectivity index (χ1n) is 10.6. The molecule has 1 saturated heterocycles. The van der Waals surface area contributed by atoms with Crippen LogP contribution in [0.3, 0.4) is 0 Å². The van der Waals surface area contributed by atoms with Crippen LogP contribution in [0.5, 0.6) is 0 Å². The number of aromatic nitrogens is 4. The molecule has 2 heterocycles. The minimum Gasteiger partial charge on any atom is -0.449 e. The lowest BCUT2D eigenvalue weighted by atomic mass is 10.1. The molecule has 1 fully saturated rings. The second-order valence-corrected chi connectivity index (χ2v) is 8.35. The first-order chi connectivity index (χ1) is 14.7. The van der Waals surface area contributed by atoms with Crippen molar-refractivity contribution in [1.29, 1.82) is 0 Å². The Morgan fingerprint density at radius 1 is 1.16 bits per heavy atom. The predicted octanol–water partition coefficient (Wildman–Crippen LogP) is 1.11. The molecule has 1 aromatic heterocycles. The summed E-state index contributed by atoms with van der Waals surface area (Å²) in [6.07, 6.45) is 1.38. The van der Waals surface area contributed by atoms with Gasteiger partial charge in [0, 0.05) is 32.6 Å². The monoisotopic (exact) mass is 439 g/mol. The molecule has 0 spiro atoms. The van der Waals surface area contributed by atoms with Crippen LogP contribution < -0.4 is 5.32 Å². The van der Waals surface area contributed by atoms with Crippen molar-refractivity contribution < 1.29 is 23.9 Å². The van der Waals surface area contributed by atoms with Crippen molar-refractivity contribution in [2.75, 3.05) is 32.8 Å². The average molecular weight is 440 g/mol. The number of nitrogens with zero attached hydrogens (tertiary/aromatic N) is 5. The average Bonchev–Trinajstić information content (AvgIpc) is 3.23. The van der Waals surface area contributed by atoms with Crippen LogP contribution in [0.25, 0.3) is 0 Å². The third-order valence-corrected chi connectivity index (χ3v) is 4.61. The number of hydrogen-bond acceptors (Lipinski definition) is 8. The fourth-order valence-corrected chi connectivity index (χ4v) is 2.99. The minimum absolute atomic E-state index is 0.242. The van der Waals surface area contributed by atoms with Gasteiger partial charge in [0.05, 0.1) is 6.61 Å². The molecular formula is C19H33N7O5. The minimum atomic E-state index is -0.809. The highest BCUT2D eigenvalue weighted by Crippen LogP contribution is 2.11. The molecule has 0 bridgehead atoms. The Morgan fingerprint density at radius 2 is 1.84 bits per heavy atom. The number of rotatable bonds is 8. The zero-order chi connectivity index (χ0) is 22.9. The van der Waals surface area contributed by atoms with E-state index >= 15 is 0 Å². The molecule has 1 aromatic rings. The standard InChI is InChI=1S/C19H33N7O5/c1-5-6-13-30-18(29)26-11-9-25(10-12-26)16(27)14(7-8-15-21-23-24-22-15)20-17(28)31-19(2,3)4/h14H,5-13H2,1-4H3,(H,20,28)(H,21,22,23,24)/t14-/m0/s1. The molecule has 0 saturated carbocycles. The molecule has 0 aliphatic carbocycles. The zero-order valence-corrected chi connectivity index (χ0v) is 18.7. The van der Waals surface area contributed by atoms with Gasteiger partial charge in [-0.2, -0.15) is 5.21 Å². The highest BCUT2D eigenvalue weighted by atomic mass is 16.6. The Balaban J connectivity index is 1.93. The number of hydrogen-bond donors (Lipinski definition) is 2. The van der Waals surface area contributed by atoms with E-state index in [-0.39, 0.29) is 18.4 Å². The predicted molar refractivity (Wildman–Crippen MR) is 110 cm³/mol. The summed E-state index contributed by atoms with van der Waals surface area (Å²) in [4.78, 5) is 40.7. The topological polar surface area (TPSA) is 143 Å². The molecule has 2 rings (SSSR count). The number of alkyl carbamates (subject to hydrolysis) is 1. The number of piperazine rings is 1. The largest absolute Gasteiger partial charge is 0.449 e. The maximum Gasteiger partial charge on any atom is 0.409 e. The summed E-state index contributed by atoms with van der Waals surface area (Å²) in [6.45, 7) is 9.14. The summed E-state index contributed by atoms with van der Waals surface area (Å²) in [5.74, 6) is 0.205. The summed E-state index contributed by atoms with van der Waals surface area (Å²) in [5.41, 5.74) is -0.685. The number of amides is 3. The third kappa shape index (κ3) is 8.38. The normalized spacial score (nSPS) is 15.4. The van der Waals surface area contributed by atoms with Crippen LogP contribution in [0.2, 0.25) is 0 Å². The molecule has 1 aliphatic heterocycles. The molecule has 0 radical (unpaired) electrons. The van der Waals surface area contributed by atoms with Crippen molar-refractivity contribution in [2.24, 2.45) is 0 Å².